The Balaban J connectivity index is 1.97. The second-order valence-electron chi connectivity index (χ2n) is 5.30. The van der Waals surface area contributed by atoms with Crippen LogP contribution in [0.3, 0.4) is 0 Å². The summed E-state index contributed by atoms with van der Waals surface area (Å²) in [6.07, 6.45) is 2.17. The lowest BCUT2D eigenvalue weighted by Crippen LogP contribution is -2.18. The molecule has 0 unspecified atom stereocenters. The molecule has 1 amide bonds. The summed E-state index contributed by atoms with van der Waals surface area (Å²) in [6, 6.07) is 14.7. The second kappa shape index (κ2) is 9.85. The van der Waals surface area contributed by atoms with Gasteiger partial charge in [-0.25, -0.2) is 0 Å². The second-order valence-corrected chi connectivity index (χ2v) is 6.65. The number of anilines is 1. The van der Waals surface area contributed by atoms with Gasteiger partial charge in [0.05, 0.1) is 12.8 Å². The minimum Gasteiger partial charge on any atom is -0.495 e. The number of hydrogen-bond donors (Lipinski definition) is 2. The van der Waals surface area contributed by atoms with Crippen molar-refractivity contribution >= 4 is 39.1 Å². The van der Waals surface area contributed by atoms with Crippen molar-refractivity contribution in [2.45, 2.75) is 6.42 Å². The molecule has 0 aliphatic heterocycles. The molecule has 0 atom stereocenters. The number of hydrogen-bond acceptors (Lipinski definition) is 4. The Labute approximate surface area is 165 Å². The molecule has 0 aliphatic rings. The van der Waals surface area contributed by atoms with Gasteiger partial charge in [-0.3, -0.25) is 4.79 Å². The zero-order valence-electron chi connectivity index (χ0n) is 14.1. The maximum atomic E-state index is 12.3. The number of ether oxygens (including phenoxy) is 1. The van der Waals surface area contributed by atoms with Crippen LogP contribution >= 0.6 is 27.5 Å². The zero-order chi connectivity index (χ0) is 18.9. The Hall–Kier alpha value is -2.49. The van der Waals surface area contributed by atoms with Crippen LogP contribution in [-0.2, 0) is 11.2 Å². The van der Waals surface area contributed by atoms with Crippen molar-refractivity contribution in [2.75, 3.05) is 19.0 Å². The number of benzene rings is 2. The van der Waals surface area contributed by atoms with Gasteiger partial charge in [0.25, 0.3) is 5.91 Å². The predicted octanol–water partition coefficient (Wildman–Crippen LogP) is 4.29. The molecule has 7 heteroatoms. The van der Waals surface area contributed by atoms with Crippen LogP contribution in [0, 0.1) is 11.3 Å². The van der Waals surface area contributed by atoms with Gasteiger partial charge in [0, 0.05) is 22.2 Å². The topological polar surface area (TPSA) is 74.1 Å². The molecule has 0 heterocycles. The summed E-state index contributed by atoms with van der Waals surface area (Å²) in [5.41, 5.74) is 1.51. The minimum atomic E-state index is -0.539. The first kappa shape index (κ1) is 19.8. The molecule has 0 saturated carbocycles. The van der Waals surface area contributed by atoms with Crippen LogP contribution in [0.5, 0.6) is 5.75 Å². The van der Waals surface area contributed by atoms with Crippen molar-refractivity contribution in [3.05, 3.63) is 69.3 Å². The van der Waals surface area contributed by atoms with Crippen molar-refractivity contribution in [2.24, 2.45) is 0 Å². The van der Waals surface area contributed by atoms with Crippen LogP contribution in [0.25, 0.3) is 0 Å². The van der Waals surface area contributed by atoms with Gasteiger partial charge in [-0.05, 0) is 42.3 Å². The van der Waals surface area contributed by atoms with Crippen molar-refractivity contribution < 1.29 is 9.53 Å². The Bertz CT molecular complexity index is 862. The molecule has 2 aromatic rings. The van der Waals surface area contributed by atoms with E-state index in [9.17, 15) is 10.1 Å². The molecule has 26 heavy (non-hydrogen) atoms. The lowest BCUT2D eigenvalue weighted by molar-refractivity contribution is -0.112. The maximum Gasteiger partial charge on any atom is 0.267 e. The standard InChI is InChI=1S/C19H17BrClN3O2/c1-26-18-6-5-16(21)10-17(18)24-19(25)14(11-22)12-23-8-7-13-3-2-4-15(20)9-13/h2-6,9-10,12,23H,7-8H2,1H3,(H,24,25)/b14-12-. The minimum absolute atomic E-state index is 0.0405. The number of carbonyl (C=O) groups is 1. The Morgan fingerprint density at radius 2 is 2.15 bits per heavy atom. The number of amides is 1. The van der Waals surface area contributed by atoms with E-state index in [-0.39, 0.29) is 5.57 Å². The molecule has 134 valence electrons. The van der Waals surface area contributed by atoms with Gasteiger partial charge in [-0.2, -0.15) is 5.26 Å². The summed E-state index contributed by atoms with van der Waals surface area (Å²) in [5.74, 6) is -0.0781. The van der Waals surface area contributed by atoms with Crippen molar-refractivity contribution in [1.82, 2.24) is 5.32 Å². The normalized spacial score (nSPS) is 10.8. The molecular formula is C19H17BrClN3O2. The van der Waals surface area contributed by atoms with Crippen LogP contribution in [0.15, 0.2) is 58.7 Å². The number of nitriles is 1. The summed E-state index contributed by atoms with van der Waals surface area (Å²) < 4.78 is 6.19. The number of nitrogens with one attached hydrogen (secondary N) is 2. The molecule has 0 aliphatic carbocycles. The van der Waals surface area contributed by atoms with Gasteiger partial charge in [-0.1, -0.05) is 39.7 Å². The van der Waals surface area contributed by atoms with E-state index >= 15 is 0 Å². The van der Waals surface area contributed by atoms with Gasteiger partial charge >= 0.3 is 0 Å². The molecule has 0 bridgehead atoms. The first-order chi connectivity index (χ1) is 12.5. The summed E-state index contributed by atoms with van der Waals surface area (Å²) in [5, 5.41) is 15.3. The van der Waals surface area contributed by atoms with Gasteiger partial charge in [0.2, 0.25) is 0 Å². The molecule has 2 N–H and O–H groups in total. The summed E-state index contributed by atoms with van der Waals surface area (Å²) in [7, 11) is 1.49. The quantitative estimate of drug-likeness (QED) is 0.387. The van der Waals surface area contributed by atoms with E-state index in [0.29, 0.717) is 23.0 Å². The van der Waals surface area contributed by atoms with E-state index in [1.165, 1.54) is 13.3 Å². The fourth-order valence-corrected chi connectivity index (χ4v) is 2.82. The zero-order valence-corrected chi connectivity index (χ0v) is 16.4. The lowest BCUT2D eigenvalue weighted by atomic mass is 10.1. The third-order valence-electron chi connectivity index (χ3n) is 3.47. The van der Waals surface area contributed by atoms with E-state index in [0.717, 1.165) is 16.5 Å². The van der Waals surface area contributed by atoms with Gasteiger partial charge in [0.15, 0.2) is 0 Å². The number of methoxy groups -OCH3 is 1. The molecule has 0 aromatic heterocycles. The smallest absolute Gasteiger partial charge is 0.267 e. The Morgan fingerprint density at radius 1 is 1.35 bits per heavy atom. The first-order valence-corrected chi connectivity index (χ1v) is 8.93. The average molecular weight is 435 g/mol. The van der Waals surface area contributed by atoms with Crippen LogP contribution in [-0.4, -0.2) is 19.6 Å². The summed E-state index contributed by atoms with van der Waals surface area (Å²) >= 11 is 9.37. The maximum absolute atomic E-state index is 12.3. The highest BCUT2D eigenvalue weighted by Gasteiger charge is 2.12. The molecule has 5 nitrogen and oxygen atoms in total. The van der Waals surface area contributed by atoms with Crippen LogP contribution in [0.2, 0.25) is 5.02 Å². The van der Waals surface area contributed by atoms with Crippen molar-refractivity contribution in [3.8, 4) is 11.8 Å². The van der Waals surface area contributed by atoms with E-state index in [4.69, 9.17) is 16.3 Å². The number of carbonyl (C=O) groups excluding carboxylic acids is 1. The molecule has 2 aromatic carbocycles. The number of halogens is 2. The Kier molecular flexibility index (Phi) is 7.52. The van der Waals surface area contributed by atoms with Gasteiger partial charge in [0.1, 0.15) is 17.4 Å². The van der Waals surface area contributed by atoms with Crippen LogP contribution in [0.1, 0.15) is 5.56 Å². The number of nitrogens with zero attached hydrogens (tertiary/aromatic N) is 1. The van der Waals surface area contributed by atoms with Crippen molar-refractivity contribution in [3.63, 3.8) is 0 Å². The van der Waals surface area contributed by atoms with Gasteiger partial charge in [-0.15, -0.1) is 0 Å². The fourth-order valence-electron chi connectivity index (χ4n) is 2.20. The molecule has 0 radical (unpaired) electrons. The predicted molar refractivity (Wildman–Crippen MR) is 106 cm³/mol. The van der Waals surface area contributed by atoms with Crippen molar-refractivity contribution in [1.29, 1.82) is 5.26 Å². The molecule has 2 rings (SSSR count). The van der Waals surface area contributed by atoms with Crippen LogP contribution < -0.4 is 15.4 Å². The van der Waals surface area contributed by atoms with E-state index in [1.54, 1.807) is 18.2 Å². The SMILES string of the molecule is COc1ccc(Cl)cc1NC(=O)/C(C#N)=C\NCCc1cccc(Br)c1. The molecular weight excluding hydrogens is 418 g/mol. The largest absolute Gasteiger partial charge is 0.495 e. The third kappa shape index (κ3) is 5.80. The Morgan fingerprint density at radius 3 is 2.85 bits per heavy atom. The third-order valence-corrected chi connectivity index (χ3v) is 4.20. The highest BCUT2D eigenvalue weighted by Crippen LogP contribution is 2.27. The van der Waals surface area contributed by atoms with E-state index < -0.39 is 5.91 Å². The van der Waals surface area contributed by atoms with Gasteiger partial charge < -0.3 is 15.4 Å². The fraction of sp³-hybridized carbons (Fsp3) is 0.158. The monoisotopic (exact) mass is 433 g/mol. The average Bonchev–Trinajstić information content (AvgIpc) is 2.62. The highest BCUT2D eigenvalue weighted by atomic mass is 79.9. The lowest BCUT2D eigenvalue weighted by Gasteiger charge is -2.10. The van der Waals surface area contributed by atoms with E-state index in [1.807, 2.05) is 30.3 Å². The summed E-state index contributed by atoms with van der Waals surface area (Å²) in [4.78, 5) is 12.3. The number of rotatable bonds is 7. The summed E-state index contributed by atoms with van der Waals surface area (Å²) in [6.45, 7) is 0.593. The first-order valence-electron chi connectivity index (χ1n) is 7.76. The molecule has 0 spiro atoms. The van der Waals surface area contributed by atoms with Crippen LogP contribution in [0.4, 0.5) is 5.69 Å². The highest BCUT2D eigenvalue weighted by molar-refractivity contribution is 9.10. The molecule has 0 saturated heterocycles. The van der Waals surface area contributed by atoms with E-state index in [2.05, 4.69) is 26.6 Å². The molecule has 0 fully saturated rings.